The van der Waals surface area contributed by atoms with Gasteiger partial charge in [-0.15, -0.1) is 0 Å². The van der Waals surface area contributed by atoms with Crippen LogP contribution in [0, 0.1) is 5.92 Å². The van der Waals surface area contributed by atoms with Crippen LogP contribution in [0.1, 0.15) is 30.4 Å². The number of hydrogen-bond acceptors (Lipinski definition) is 5. The number of rotatable bonds is 6. The molecule has 0 unspecified atom stereocenters. The van der Waals surface area contributed by atoms with Crippen molar-refractivity contribution in [1.82, 2.24) is 4.90 Å². The smallest absolute Gasteiger partial charge is 0.231 e. The van der Waals surface area contributed by atoms with Gasteiger partial charge in [-0.1, -0.05) is 28.9 Å². The first kappa shape index (κ1) is 18.3. The average Bonchev–Trinajstić information content (AvgIpc) is 3.28. The molecule has 0 saturated heterocycles. The predicted molar refractivity (Wildman–Crippen MR) is 108 cm³/mol. The minimum absolute atomic E-state index is 0.143. The third kappa shape index (κ3) is 4.03. The summed E-state index contributed by atoms with van der Waals surface area (Å²) in [5.74, 6) is 1.79. The number of carbonyl (C=O) groups excluding carboxylic acids is 1. The molecular weight excluding hydrogens is 392 g/mol. The molecule has 150 valence electrons. The highest BCUT2D eigenvalue weighted by Crippen LogP contribution is 2.34. The first-order valence-corrected chi connectivity index (χ1v) is 10.2. The van der Waals surface area contributed by atoms with E-state index in [0.717, 1.165) is 41.2 Å². The molecule has 6 nitrogen and oxygen atoms in total. The van der Waals surface area contributed by atoms with Crippen LogP contribution in [0.5, 0.6) is 11.5 Å². The van der Waals surface area contributed by atoms with E-state index in [0.29, 0.717) is 24.5 Å². The summed E-state index contributed by atoms with van der Waals surface area (Å²) in [5, 5.41) is 4.94. The van der Waals surface area contributed by atoms with Crippen LogP contribution in [0.25, 0.3) is 0 Å². The van der Waals surface area contributed by atoms with Crippen LogP contribution in [0.3, 0.4) is 0 Å². The Morgan fingerprint density at radius 3 is 2.83 bits per heavy atom. The van der Waals surface area contributed by atoms with Gasteiger partial charge in [0.25, 0.3) is 0 Å². The molecular formula is C22H21ClN2O4. The molecule has 1 fully saturated rings. The van der Waals surface area contributed by atoms with E-state index in [1.165, 1.54) is 0 Å². The summed E-state index contributed by atoms with van der Waals surface area (Å²) in [4.78, 5) is 20.4. The zero-order valence-corrected chi connectivity index (χ0v) is 16.6. The molecule has 3 aliphatic rings. The lowest BCUT2D eigenvalue weighted by Gasteiger charge is -2.25. The third-order valence-corrected chi connectivity index (χ3v) is 5.60. The molecule has 0 spiro atoms. The first-order valence-electron chi connectivity index (χ1n) is 9.81. The van der Waals surface area contributed by atoms with Crippen molar-refractivity contribution in [2.24, 2.45) is 11.1 Å². The molecule has 2 aromatic rings. The molecule has 0 N–H and O–H groups in total. The molecule has 0 radical (unpaired) electrons. The molecule has 1 amide bonds. The largest absolute Gasteiger partial charge is 0.454 e. The Labute approximate surface area is 174 Å². The van der Waals surface area contributed by atoms with Crippen molar-refractivity contribution in [2.75, 3.05) is 13.3 Å². The van der Waals surface area contributed by atoms with Crippen LogP contribution in [-0.4, -0.2) is 36.0 Å². The van der Waals surface area contributed by atoms with Gasteiger partial charge in [0.2, 0.25) is 12.7 Å². The molecule has 1 saturated carbocycles. The van der Waals surface area contributed by atoms with Gasteiger partial charge in [-0.2, -0.15) is 0 Å². The van der Waals surface area contributed by atoms with Gasteiger partial charge >= 0.3 is 0 Å². The Kier molecular flexibility index (Phi) is 4.79. The van der Waals surface area contributed by atoms with Gasteiger partial charge in [0.15, 0.2) is 17.6 Å². The standard InChI is InChI=1S/C22H21ClN2O4/c23-17-3-1-2-14(8-17)11-25(22(26)15-4-5-15)12-18-10-19(24-29-18)16-6-7-20-21(9-16)28-13-27-20/h1-3,6-9,15,18H,4-5,10-13H2/t18-/m0/s1. The maximum absolute atomic E-state index is 12.8. The van der Waals surface area contributed by atoms with Crippen molar-refractivity contribution in [3.05, 3.63) is 58.6 Å². The van der Waals surface area contributed by atoms with Crippen molar-refractivity contribution < 1.29 is 19.1 Å². The maximum Gasteiger partial charge on any atom is 0.231 e. The van der Waals surface area contributed by atoms with E-state index in [2.05, 4.69) is 5.16 Å². The Morgan fingerprint density at radius 2 is 2.00 bits per heavy atom. The van der Waals surface area contributed by atoms with E-state index in [1.54, 1.807) is 0 Å². The molecule has 2 heterocycles. The lowest BCUT2D eigenvalue weighted by atomic mass is 10.0. The summed E-state index contributed by atoms with van der Waals surface area (Å²) in [6.45, 7) is 1.26. The quantitative estimate of drug-likeness (QED) is 0.719. The predicted octanol–water partition coefficient (Wildman–Crippen LogP) is 4.00. The van der Waals surface area contributed by atoms with Gasteiger partial charge in [-0.05, 0) is 48.7 Å². The highest BCUT2D eigenvalue weighted by Gasteiger charge is 2.35. The minimum Gasteiger partial charge on any atom is -0.454 e. The molecule has 1 aliphatic carbocycles. The van der Waals surface area contributed by atoms with Crippen LogP contribution in [-0.2, 0) is 16.2 Å². The van der Waals surface area contributed by atoms with E-state index in [9.17, 15) is 4.79 Å². The van der Waals surface area contributed by atoms with Crippen LogP contribution in [0.4, 0.5) is 0 Å². The highest BCUT2D eigenvalue weighted by molar-refractivity contribution is 6.30. The fourth-order valence-electron chi connectivity index (χ4n) is 3.70. The fraction of sp³-hybridized carbons (Fsp3) is 0.364. The molecule has 29 heavy (non-hydrogen) atoms. The van der Waals surface area contributed by atoms with Gasteiger partial charge in [-0.25, -0.2) is 0 Å². The Hall–Kier alpha value is -2.73. The number of oxime groups is 1. The number of hydrogen-bond donors (Lipinski definition) is 0. The second-order valence-electron chi connectivity index (χ2n) is 7.66. The molecule has 5 rings (SSSR count). The van der Waals surface area contributed by atoms with Crippen molar-refractivity contribution in [1.29, 1.82) is 0 Å². The molecule has 7 heteroatoms. The van der Waals surface area contributed by atoms with Crippen molar-refractivity contribution in [2.45, 2.75) is 31.9 Å². The van der Waals surface area contributed by atoms with Crippen LogP contribution in [0.2, 0.25) is 5.02 Å². The molecule has 0 aromatic heterocycles. The summed E-state index contributed by atoms with van der Waals surface area (Å²) >= 11 is 6.11. The van der Waals surface area contributed by atoms with Crippen molar-refractivity contribution >= 4 is 23.2 Å². The summed E-state index contributed by atoms with van der Waals surface area (Å²) in [6, 6.07) is 13.4. The lowest BCUT2D eigenvalue weighted by Crippen LogP contribution is -2.38. The Morgan fingerprint density at radius 1 is 1.14 bits per heavy atom. The first-order chi connectivity index (χ1) is 14.2. The summed E-state index contributed by atoms with van der Waals surface area (Å²) in [5.41, 5.74) is 2.82. The monoisotopic (exact) mass is 412 g/mol. The topological polar surface area (TPSA) is 60.4 Å². The van der Waals surface area contributed by atoms with E-state index in [1.807, 2.05) is 47.4 Å². The lowest BCUT2D eigenvalue weighted by molar-refractivity contribution is -0.135. The Balaban J connectivity index is 1.27. The zero-order chi connectivity index (χ0) is 19.8. The van der Waals surface area contributed by atoms with Crippen LogP contribution < -0.4 is 9.47 Å². The summed E-state index contributed by atoms with van der Waals surface area (Å²) in [7, 11) is 0. The molecule has 1 atom stereocenters. The third-order valence-electron chi connectivity index (χ3n) is 5.36. The second-order valence-corrected chi connectivity index (χ2v) is 8.10. The van der Waals surface area contributed by atoms with Gasteiger partial charge in [0.05, 0.1) is 12.3 Å². The van der Waals surface area contributed by atoms with Crippen molar-refractivity contribution in [3.8, 4) is 11.5 Å². The average molecular weight is 413 g/mol. The van der Waals surface area contributed by atoms with Gasteiger partial charge in [0.1, 0.15) is 0 Å². The van der Waals surface area contributed by atoms with E-state index < -0.39 is 0 Å². The molecule has 2 aromatic carbocycles. The summed E-state index contributed by atoms with van der Waals surface area (Å²) < 4.78 is 10.8. The van der Waals surface area contributed by atoms with Gasteiger partial charge < -0.3 is 19.2 Å². The van der Waals surface area contributed by atoms with Crippen LogP contribution in [0.15, 0.2) is 47.6 Å². The summed E-state index contributed by atoms with van der Waals surface area (Å²) in [6.07, 6.45) is 2.41. The molecule has 0 bridgehead atoms. The van der Waals surface area contributed by atoms with Crippen molar-refractivity contribution in [3.63, 3.8) is 0 Å². The minimum atomic E-state index is -0.169. The normalized spacial score (nSPS) is 19.6. The Bertz CT molecular complexity index is 973. The van der Waals surface area contributed by atoms with Gasteiger partial charge in [-0.3, -0.25) is 4.79 Å². The zero-order valence-electron chi connectivity index (χ0n) is 15.8. The number of nitrogens with zero attached hydrogens (tertiary/aromatic N) is 2. The highest BCUT2D eigenvalue weighted by atomic mass is 35.5. The number of benzene rings is 2. The SMILES string of the molecule is O=C(C1CC1)N(Cc1cccc(Cl)c1)C[C@@H]1CC(c2ccc3c(c2)OCO3)=NO1. The fourth-order valence-corrected chi connectivity index (χ4v) is 3.91. The van der Waals surface area contributed by atoms with E-state index >= 15 is 0 Å². The number of carbonyl (C=O) groups is 1. The maximum atomic E-state index is 12.8. The van der Waals surface area contributed by atoms with E-state index in [4.69, 9.17) is 25.9 Å². The number of halogens is 1. The van der Waals surface area contributed by atoms with Crippen LogP contribution >= 0.6 is 11.6 Å². The number of amides is 1. The number of ether oxygens (including phenoxy) is 2. The second kappa shape index (κ2) is 7.59. The van der Waals surface area contributed by atoms with E-state index in [-0.39, 0.29) is 24.7 Å². The number of fused-ring (bicyclic) bond motifs is 1. The molecule has 2 aliphatic heterocycles. The van der Waals surface area contributed by atoms with Gasteiger partial charge in [0, 0.05) is 29.5 Å².